The van der Waals surface area contributed by atoms with Crippen LogP contribution in [0.3, 0.4) is 0 Å². The van der Waals surface area contributed by atoms with E-state index >= 15 is 0 Å². The van der Waals surface area contributed by atoms with Gasteiger partial charge in [0.2, 0.25) is 0 Å². The molecule has 0 aromatic carbocycles. The molecular formula is C9H17NO2. The van der Waals surface area contributed by atoms with Crippen LogP contribution in [0.5, 0.6) is 0 Å². The maximum Gasteiger partial charge on any atom is 0.320 e. The fourth-order valence-corrected chi connectivity index (χ4v) is 1.79. The van der Waals surface area contributed by atoms with Gasteiger partial charge in [0.1, 0.15) is 6.04 Å². The molecule has 3 nitrogen and oxygen atoms in total. The molecule has 1 saturated heterocycles. The van der Waals surface area contributed by atoms with E-state index in [-0.39, 0.29) is 6.04 Å². The lowest BCUT2D eigenvalue weighted by Gasteiger charge is -2.22. The summed E-state index contributed by atoms with van der Waals surface area (Å²) >= 11 is 0. The van der Waals surface area contributed by atoms with Crippen molar-refractivity contribution < 1.29 is 9.90 Å². The van der Waals surface area contributed by atoms with E-state index < -0.39 is 5.97 Å². The largest absolute Gasteiger partial charge is 0.480 e. The lowest BCUT2D eigenvalue weighted by Crippen LogP contribution is -2.39. The summed E-state index contributed by atoms with van der Waals surface area (Å²) in [6.07, 6.45) is 4.06. The summed E-state index contributed by atoms with van der Waals surface area (Å²) in [4.78, 5) is 12.9. The number of carboxylic acid groups (broad SMARTS) is 1. The van der Waals surface area contributed by atoms with Crippen molar-refractivity contribution in [2.24, 2.45) is 0 Å². The molecule has 0 aromatic heterocycles. The molecule has 1 aliphatic rings. The average molecular weight is 171 g/mol. The number of likely N-dealkylation sites (tertiary alicyclic amines) is 1. The molecule has 0 aliphatic carbocycles. The number of carbonyl (C=O) groups is 1. The van der Waals surface area contributed by atoms with Gasteiger partial charge in [0.15, 0.2) is 0 Å². The van der Waals surface area contributed by atoms with Gasteiger partial charge in [-0.25, -0.2) is 0 Å². The molecule has 12 heavy (non-hydrogen) atoms. The first-order valence-corrected chi connectivity index (χ1v) is 4.72. The topological polar surface area (TPSA) is 40.5 Å². The Hall–Kier alpha value is -0.570. The van der Waals surface area contributed by atoms with Gasteiger partial charge in [0, 0.05) is 0 Å². The van der Waals surface area contributed by atoms with Crippen molar-refractivity contribution in [2.75, 3.05) is 13.1 Å². The molecule has 0 aromatic rings. The Morgan fingerprint density at radius 1 is 1.50 bits per heavy atom. The van der Waals surface area contributed by atoms with Gasteiger partial charge in [-0.1, -0.05) is 13.3 Å². The summed E-state index contributed by atoms with van der Waals surface area (Å²) in [7, 11) is 0. The Morgan fingerprint density at radius 3 is 2.50 bits per heavy atom. The van der Waals surface area contributed by atoms with Crippen molar-refractivity contribution in [1.82, 2.24) is 4.90 Å². The first kappa shape index (κ1) is 9.52. The summed E-state index contributed by atoms with van der Waals surface area (Å²) in [6, 6.07) is -0.225. The number of carboxylic acids is 1. The van der Waals surface area contributed by atoms with Gasteiger partial charge in [-0.15, -0.1) is 0 Å². The molecular weight excluding hydrogens is 154 g/mol. The Labute approximate surface area is 73.4 Å². The van der Waals surface area contributed by atoms with E-state index in [0.717, 1.165) is 38.8 Å². The fourth-order valence-electron chi connectivity index (χ4n) is 1.79. The molecule has 1 heterocycles. The van der Waals surface area contributed by atoms with Crippen molar-refractivity contribution in [3.05, 3.63) is 0 Å². The third-order valence-corrected chi connectivity index (χ3v) is 2.43. The summed E-state index contributed by atoms with van der Waals surface area (Å²) in [6.45, 7) is 3.97. The van der Waals surface area contributed by atoms with Crippen molar-refractivity contribution in [3.63, 3.8) is 0 Å². The molecule has 1 fully saturated rings. The average Bonchev–Trinajstić information content (AvgIpc) is 2.51. The minimum Gasteiger partial charge on any atom is -0.480 e. The summed E-state index contributed by atoms with van der Waals surface area (Å²) in [5.74, 6) is -0.654. The summed E-state index contributed by atoms with van der Waals surface area (Å²) < 4.78 is 0. The molecule has 0 spiro atoms. The highest BCUT2D eigenvalue weighted by molar-refractivity contribution is 5.73. The number of hydrogen-bond donors (Lipinski definition) is 1. The number of aliphatic carboxylic acids is 1. The van der Waals surface area contributed by atoms with Crippen LogP contribution in [0.1, 0.15) is 32.6 Å². The van der Waals surface area contributed by atoms with Crippen LogP contribution in [0.25, 0.3) is 0 Å². The molecule has 0 unspecified atom stereocenters. The number of nitrogens with zero attached hydrogens (tertiary/aromatic N) is 1. The molecule has 0 amide bonds. The highest BCUT2D eigenvalue weighted by atomic mass is 16.4. The molecule has 0 radical (unpaired) electrons. The molecule has 0 bridgehead atoms. The second-order valence-corrected chi connectivity index (χ2v) is 3.39. The minimum absolute atomic E-state index is 0.225. The van der Waals surface area contributed by atoms with Gasteiger partial charge in [0.25, 0.3) is 0 Å². The van der Waals surface area contributed by atoms with E-state index in [1.54, 1.807) is 0 Å². The predicted molar refractivity (Wildman–Crippen MR) is 47.1 cm³/mol. The Kier molecular flexibility index (Phi) is 3.53. The van der Waals surface area contributed by atoms with E-state index in [1.807, 2.05) is 6.92 Å². The standard InChI is InChI=1S/C9H17NO2/c1-2-5-8(9(11)12)10-6-3-4-7-10/h8H,2-7H2,1H3,(H,11,12)/t8-/m1/s1. The monoisotopic (exact) mass is 171 g/mol. The predicted octanol–water partition coefficient (Wildman–Crippen LogP) is 1.34. The maximum absolute atomic E-state index is 10.8. The van der Waals surface area contributed by atoms with Crippen LogP contribution in [0, 0.1) is 0 Å². The fraction of sp³-hybridized carbons (Fsp3) is 0.889. The molecule has 3 heteroatoms. The van der Waals surface area contributed by atoms with Crippen LogP contribution in [0.2, 0.25) is 0 Å². The zero-order valence-corrected chi connectivity index (χ0v) is 7.62. The van der Waals surface area contributed by atoms with E-state index in [1.165, 1.54) is 0 Å². The smallest absolute Gasteiger partial charge is 0.320 e. The van der Waals surface area contributed by atoms with Crippen LogP contribution in [0.15, 0.2) is 0 Å². The second-order valence-electron chi connectivity index (χ2n) is 3.39. The molecule has 1 aliphatic heterocycles. The molecule has 0 saturated carbocycles. The Morgan fingerprint density at radius 2 is 2.08 bits per heavy atom. The van der Waals surface area contributed by atoms with Crippen LogP contribution < -0.4 is 0 Å². The van der Waals surface area contributed by atoms with Crippen LogP contribution in [-0.4, -0.2) is 35.1 Å². The number of rotatable bonds is 4. The van der Waals surface area contributed by atoms with Gasteiger partial charge < -0.3 is 5.11 Å². The lowest BCUT2D eigenvalue weighted by atomic mass is 10.1. The molecule has 70 valence electrons. The maximum atomic E-state index is 10.8. The highest BCUT2D eigenvalue weighted by Gasteiger charge is 2.26. The highest BCUT2D eigenvalue weighted by Crippen LogP contribution is 2.15. The third-order valence-electron chi connectivity index (χ3n) is 2.43. The number of hydrogen-bond acceptors (Lipinski definition) is 2. The molecule has 1 atom stereocenters. The van der Waals surface area contributed by atoms with E-state index in [4.69, 9.17) is 5.11 Å². The van der Waals surface area contributed by atoms with Crippen LogP contribution in [-0.2, 0) is 4.79 Å². The Balaban J connectivity index is 2.45. The van der Waals surface area contributed by atoms with Gasteiger partial charge >= 0.3 is 5.97 Å². The Bertz CT molecular complexity index is 153. The first-order valence-electron chi connectivity index (χ1n) is 4.72. The quantitative estimate of drug-likeness (QED) is 0.693. The van der Waals surface area contributed by atoms with Crippen molar-refractivity contribution in [1.29, 1.82) is 0 Å². The van der Waals surface area contributed by atoms with Crippen molar-refractivity contribution >= 4 is 5.97 Å². The van der Waals surface area contributed by atoms with Crippen LogP contribution in [0.4, 0.5) is 0 Å². The van der Waals surface area contributed by atoms with E-state index in [9.17, 15) is 4.79 Å². The van der Waals surface area contributed by atoms with Gasteiger partial charge in [-0.05, 0) is 32.4 Å². The normalized spacial score (nSPS) is 21.1. The van der Waals surface area contributed by atoms with E-state index in [2.05, 4.69) is 4.90 Å². The zero-order chi connectivity index (χ0) is 8.97. The van der Waals surface area contributed by atoms with Gasteiger partial charge in [-0.2, -0.15) is 0 Å². The molecule has 1 N–H and O–H groups in total. The SMILES string of the molecule is CCC[C@H](C(=O)O)N1CCCC1. The van der Waals surface area contributed by atoms with Crippen molar-refractivity contribution in [3.8, 4) is 0 Å². The lowest BCUT2D eigenvalue weighted by molar-refractivity contribution is -0.143. The van der Waals surface area contributed by atoms with Crippen LogP contribution >= 0.6 is 0 Å². The van der Waals surface area contributed by atoms with E-state index in [0.29, 0.717) is 0 Å². The van der Waals surface area contributed by atoms with Gasteiger partial charge in [-0.3, -0.25) is 9.69 Å². The minimum atomic E-state index is -0.654. The first-order chi connectivity index (χ1) is 5.75. The molecule has 1 rings (SSSR count). The zero-order valence-electron chi connectivity index (χ0n) is 7.62. The van der Waals surface area contributed by atoms with Crippen molar-refractivity contribution in [2.45, 2.75) is 38.6 Å². The van der Waals surface area contributed by atoms with Gasteiger partial charge in [0.05, 0.1) is 0 Å². The second kappa shape index (κ2) is 4.45. The third kappa shape index (κ3) is 2.21. The summed E-state index contributed by atoms with van der Waals surface area (Å²) in [5.41, 5.74) is 0. The summed E-state index contributed by atoms with van der Waals surface area (Å²) in [5, 5.41) is 8.92.